The van der Waals surface area contributed by atoms with E-state index in [4.69, 9.17) is 0 Å². The van der Waals surface area contributed by atoms with Crippen LogP contribution in [0.3, 0.4) is 0 Å². The van der Waals surface area contributed by atoms with Gasteiger partial charge in [-0.2, -0.15) is 0 Å². The second-order valence-electron chi connectivity index (χ2n) is 8.66. The number of rotatable bonds is 7. The summed E-state index contributed by atoms with van der Waals surface area (Å²) in [6, 6.07) is 14.0. The maximum absolute atomic E-state index is 13.3. The fourth-order valence-electron chi connectivity index (χ4n) is 4.71. The number of nitrogens with zero attached hydrogens (tertiary/aromatic N) is 2. The molecular weight excluding hydrogens is 485 g/mol. The van der Waals surface area contributed by atoms with Crippen molar-refractivity contribution in [2.24, 2.45) is 0 Å². The van der Waals surface area contributed by atoms with Crippen molar-refractivity contribution in [1.29, 1.82) is 0 Å². The summed E-state index contributed by atoms with van der Waals surface area (Å²) >= 11 is 2.70. The van der Waals surface area contributed by atoms with Crippen LogP contribution in [0.5, 0.6) is 0 Å². The summed E-state index contributed by atoms with van der Waals surface area (Å²) in [6.07, 6.45) is 2.49. The first-order valence-electron chi connectivity index (χ1n) is 11.4. The molecule has 2 aromatic carbocycles. The van der Waals surface area contributed by atoms with Crippen molar-refractivity contribution in [1.82, 2.24) is 9.88 Å². The van der Waals surface area contributed by atoms with Gasteiger partial charge in [0.2, 0.25) is 5.91 Å². The molecule has 2 aromatic heterocycles. The molecule has 0 aliphatic carbocycles. The zero-order chi connectivity index (χ0) is 24.5. The molecule has 1 saturated heterocycles. The Morgan fingerprint density at radius 1 is 1.17 bits per heavy atom. The number of anilines is 1. The number of likely N-dealkylation sites (tertiary alicyclic amines) is 1. The number of nitrogens with one attached hydrogen (secondary N) is 1. The van der Waals surface area contributed by atoms with Crippen molar-refractivity contribution >= 4 is 49.8 Å². The lowest BCUT2D eigenvalue weighted by atomic mass is 10.0. The normalized spacial score (nSPS) is 16.1. The number of carboxylic acids is 1. The monoisotopic (exact) mass is 509 g/mol. The van der Waals surface area contributed by atoms with E-state index in [0.29, 0.717) is 16.4 Å². The average molecular weight is 510 g/mol. The van der Waals surface area contributed by atoms with Crippen molar-refractivity contribution in [2.75, 3.05) is 18.4 Å². The molecule has 1 atom stereocenters. The zero-order valence-electron chi connectivity index (χ0n) is 19.1. The summed E-state index contributed by atoms with van der Waals surface area (Å²) in [4.78, 5) is 32.8. The van der Waals surface area contributed by atoms with Crippen molar-refractivity contribution in [3.8, 4) is 11.3 Å². The first-order valence-corrected chi connectivity index (χ1v) is 13.0. The van der Waals surface area contributed by atoms with Gasteiger partial charge in [0.05, 0.1) is 12.2 Å². The average Bonchev–Trinajstić information content (AvgIpc) is 3.52. The third-order valence-electron chi connectivity index (χ3n) is 6.34. The lowest BCUT2D eigenvalue weighted by Gasteiger charge is -2.23. The molecule has 1 aliphatic rings. The molecule has 0 saturated carbocycles. The van der Waals surface area contributed by atoms with E-state index < -0.39 is 5.97 Å². The number of aromatic nitrogens is 1. The number of aryl methyl sites for hydroxylation is 1. The largest absolute Gasteiger partial charge is 0.477 e. The van der Waals surface area contributed by atoms with Gasteiger partial charge in [0.1, 0.15) is 10.7 Å². The van der Waals surface area contributed by atoms with Gasteiger partial charge >= 0.3 is 5.97 Å². The number of hydrogen-bond donors (Lipinski definition) is 2. The van der Waals surface area contributed by atoms with E-state index in [9.17, 15) is 19.1 Å². The molecule has 1 amide bonds. The summed E-state index contributed by atoms with van der Waals surface area (Å²) in [5.41, 5.74) is 2.39. The number of benzene rings is 2. The van der Waals surface area contributed by atoms with Crippen LogP contribution >= 0.6 is 22.7 Å². The van der Waals surface area contributed by atoms with Crippen LogP contribution in [0.25, 0.3) is 21.3 Å². The number of aromatic carboxylic acids is 1. The van der Waals surface area contributed by atoms with Crippen LogP contribution < -0.4 is 5.32 Å². The quantitative estimate of drug-likeness (QED) is 0.328. The SMILES string of the molecule is Cc1sc(NC(=O)CN2CCCC2Cc2c(C(=O)O)sc3ccccc23)nc1-c1ccc(F)cc1. The van der Waals surface area contributed by atoms with E-state index >= 15 is 0 Å². The van der Waals surface area contributed by atoms with Crippen molar-refractivity contribution in [2.45, 2.75) is 32.2 Å². The molecule has 180 valence electrons. The minimum absolute atomic E-state index is 0.102. The minimum atomic E-state index is -0.903. The number of amides is 1. The third kappa shape index (κ3) is 4.98. The molecule has 0 radical (unpaired) electrons. The predicted octanol–water partition coefficient (Wildman–Crippen LogP) is 5.82. The van der Waals surface area contributed by atoms with Crippen molar-refractivity contribution in [3.63, 3.8) is 0 Å². The van der Waals surface area contributed by atoms with Gasteiger partial charge in [-0.25, -0.2) is 14.2 Å². The molecule has 0 bridgehead atoms. The van der Waals surface area contributed by atoms with E-state index in [2.05, 4.69) is 15.2 Å². The predicted molar refractivity (Wildman–Crippen MR) is 138 cm³/mol. The molecule has 1 aliphatic heterocycles. The number of fused-ring (bicyclic) bond motifs is 1. The number of hydrogen-bond acceptors (Lipinski definition) is 6. The highest BCUT2D eigenvalue weighted by Gasteiger charge is 2.29. The maximum atomic E-state index is 13.3. The highest BCUT2D eigenvalue weighted by atomic mass is 32.1. The number of thiophene rings is 1. The first kappa shape index (κ1) is 23.6. The zero-order valence-corrected chi connectivity index (χ0v) is 20.7. The Morgan fingerprint density at radius 3 is 2.71 bits per heavy atom. The van der Waals surface area contributed by atoms with Crippen LogP contribution in [0.2, 0.25) is 0 Å². The lowest BCUT2D eigenvalue weighted by molar-refractivity contribution is -0.117. The van der Waals surface area contributed by atoms with Gasteiger partial charge in [0.15, 0.2) is 5.13 Å². The van der Waals surface area contributed by atoms with Gasteiger partial charge in [-0.1, -0.05) is 18.2 Å². The van der Waals surface area contributed by atoms with Crippen LogP contribution in [0.1, 0.15) is 33.0 Å². The fraction of sp³-hybridized carbons (Fsp3) is 0.269. The van der Waals surface area contributed by atoms with Crippen LogP contribution in [-0.4, -0.2) is 46.0 Å². The second kappa shape index (κ2) is 9.85. The van der Waals surface area contributed by atoms with Crippen molar-refractivity contribution in [3.05, 3.63) is 69.7 Å². The van der Waals surface area contributed by atoms with Crippen molar-refractivity contribution < 1.29 is 19.1 Å². The van der Waals surface area contributed by atoms with Crippen LogP contribution in [0, 0.1) is 12.7 Å². The molecule has 1 unspecified atom stereocenters. The highest BCUT2D eigenvalue weighted by Crippen LogP contribution is 2.35. The van der Waals surface area contributed by atoms with Gasteiger partial charge in [-0.15, -0.1) is 22.7 Å². The number of carbonyl (C=O) groups excluding carboxylic acids is 1. The number of halogens is 1. The van der Waals surface area contributed by atoms with Gasteiger partial charge in [-0.05, 0) is 74.0 Å². The molecular formula is C26H24FN3O3S2. The molecule has 2 N–H and O–H groups in total. The van der Waals surface area contributed by atoms with Gasteiger partial charge in [0, 0.05) is 21.2 Å². The topological polar surface area (TPSA) is 82.5 Å². The summed E-state index contributed by atoms with van der Waals surface area (Å²) in [5.74, 6) is -1.36. The fourth-order valence-corrected chi connectivity index (χ4v) is 6.64. The lowest BCUT2D eigenvalue weighted by Crippen LogP contribution is -2.38. The van der Waals surface area contributed by atoms with Gasteiger partial charge in [0.25, 0.3) is 0 Å². The number of carboxylic acid groups (broad SMARTS) is 1. The Kier molecular flexibility index (Phi) is 6.64. The van der Waals surface area contributed by atoms with Gasteiger partial charge < -0.3 is 10.4 Å². The Hall–Kier alpha value is -3.14. The van der Waals surface area contributed by atoms with Gasteiger partial charge in [-0.3, -0.25) is 9.69 Å². The summed E-state index contributed by atoms with van der Waals surface area (Å²) in [5, 5.41) is 14.2. The first-order chi connectivity index (χ1) is 16.9. The van der Waals surface area contributed by atoms with E-state index in [1.54, 1.807) is 12.1 Å². The summed E-state index contributed by atoms with van der Waals surface area (Å²) in [6.45, 7) is 2.94. The molecule has 0 spiro atoms. The molecule has 1 fully saturated rings. The highest BCUT2D eigenvalue weighted by molar-refractivity contribution is 7.21. The Labute approximate surface area is 210 Å². The Balaban J connectivity index is 1.28. The summed E-state index contributed by atoms with van der Waals surface area (Å²) in [7, 11) is 0. The maximum Gasteiger partial charge on any atom is 0.346 e. The minimum Gasteiger partial charge on any atom is -0.477 e. The molecule has 9 heteroatoms. The van der Waals surface area contributed by atoms with Crippen LogP contribution in [0.15, 0.2) is 48.5 Å². The van der Waals surface area contributed by atoms with Crippen LogP contribution in [-0.2, 0) is 11.2 Å². The molecule has 5 rings (SSSR count). The van der Waals surface area contributed by atoms with E-state index in [0.717, 1.165) is 51.2 Å². The molecule has 6 nitrogen and oxygen atoms in total. The molecule has 35 heavy (non-hydrogen) atoms. The number of thiazole rings is 1. The van der Waals surface area contributed by atoms with E-state index in [1.165, 1.54) is 34.8 Å². The standard InChI is InChI=1S/C26H24FN3O3S2/c1-15-23(16-8-10-17(27)11-9-16)29-26(34-15)28-22(31)14-30-12-4-5-18(30)13-20-19-6-2-3-7-21(19)35-24(20)25(32)33/h2-3,6-11,18H,4-5,12-14H2,1H3,(H,32,33)(H,28,29,31). The summed E-state index contributed by atoms with van der Waals surface area (Å²) < 4.78 is 14.2. The molecule has 4 aromatic rings. The van der Waals surface area contributed by atoms with E-state index in [1.807, 2.05) is 31.2 Å². The molecule has 3 heterocycles. The second-order valence-corrected chi connectivity index (χ2v) is 10.9. The smallest absolute Gasteiger partial charge is 0.346 e. The Morgan fingerprint density at radius 2 is 1.94 bits per heavy atom. The third-order valence-corrected chi connectivity index (χ3v) is 8.43. The Bertz CT molecular complexity index is 1400. The van der Waals surface area contributed by atoms with E-state index in [-0.39, 0.29) is 24.3 Å². The number of carbonyl (C=O) groups is 2. The van der Waals surface area contributed by atoms with Crippen LogP contribution in [0.4, 0.5) is 9.52 Å².